The van der Waals surface area contributed by atoms with Gasteiger partial charge in [-0.1, -0.05) is 36.8 Å². The van der Waals surface area contributed by atoms with Gasteiger partial charge in [0.15, 0.2) is 0 Å². The van der Waals surface area contributed by atoms with Gasteiger partial charge in [0.2, 0.25) is 0 Å². The maximum absolute atomic E-state index is 11.8. The number of benzene rings is 1. The van der Waals surface area contributed by atoms with Crippen LogP contribution in [0.4, 0.5) is 0 Å². The van der Waals surface area contributed by atoms with Gasteiger partial charge in [-0.2, -0.15) is 0 Å². The van der Waals surface area contributed by atoms with Crippen LogP contribution in [0.2, 0.25) is 0 Å². The molecule has 0 bridgehead atoms. The lowest BCUT2D eigenvalue weighted by Gasteiger charge is -2.18. The largest absolute Gasteiger partial charge is 0.466 e. The molecule has 1 aliphatic rings. The summed E-state index contributed by atoms with van der Waals surface area (Å²) in [5.41, 5.74) is 1.28. The Labute approximate surface area is 96.6 Å². The number of rotatable bonds is 3. The van der Waals surface area contributed by atoms with Gasteiger partial charge in [-0.05, 0) is 31.2 Å². The summed E-state index contributed by atoms with van der Waals surface area (Å²) in [5.74, 6) is 0.413. The molecule has 86 valence electrons. The molecule has 16 heavy (non-hydrogen) atoms. The Balaban J connectivity index is 2.12. The molecule has 1 aromatic carbocycles. The van der Waals surface area contributed by atoms with Gasteiger partial charge in [0.1, 0.15) is 0 Å². The Bertz CT molecular complexity index is 345. The lowest BCUT2D eigenvalue weighted by Crippen LogP contribution is -2.20. The van der Waals surface area contributed by atoms with E-state index < -0.39 is 0 Å². The molecule has 0 unspecified atom stereocenters. The molecular weight excluding hydrogens is 200 g/mol. The molecule has 0 aromatic heterocycles. The fourth-order valence-corrected chi connectivity index (χ4v) is 2.59. The molecule has 1 saturated carbocycles. The fourth-order valence-electron chi connectivity index (χ4n) is 2.59. The van der Waals surface area contributed by atoms with Crippen molar-refractivity contribution >= 4 is 5.97 Å². The van der Waals surface area contributed by atoms with Crippen LogP contribution in [0.3, 0.4) is 0 Å². The van der Waals surface area contributed by atoms with Crippen molar-refractivity contribution in [1.29, 1.82) is 0 Å². The molecule has 0 saturated heterocycles. The summed E-state index contributed by atoms with van der Waals surface area (Å²) in [7, 11) is 0. The molecule has 2 atom stereocenters. The van der Waals surface area contributed by atoms with Crippen LogP contribution in [0.5, 0.6) is 0 Å². The van der Waals surface area contributed by atoms with Gasteiger partial charge in [0.25, 0.3) is 0 Å². The zero-order chi connectivity index (χ0) is 11.4. The minimum Gasteiger partial charge on any atom is -0.466 e. The molecule has 0 radical (unpaired) electrons. The van der Waals surface area contributed by atoms with Crippen LogP contribution in [0, 0.1) is 5.92 Å². The summed E-state index contributed by atoms with van der Waals surface area (Å²) >= 11 is 0. The minimum atomic E-state index is -0.0196. The second kappa shape index (κ2) is 5.15. The smallest absolute Gasteiger partial charge is 0.309 e. The third-order valence-electron chi connectivity index (χ3n) is 3.33. The highest BCUT2D eigenvalue weighted by molar-refractivity contribution is 5.74. The highest BCUT2D eigenvalue weighted by Crippen LogP contribution is 2.40. The number of hydrogen-bond acceptors (Lipinski definition) is 2. The monoisotopic (exact) mass is 218 g/mol. The molecule has 1 fully saturated rings. The molecule has 0 heterocycles. The quantitative estimate of drug-likeness (QED) is 0.728. The molecule has 2 heteroatoms. The van der Waals surface area contributed by atoms with E-state index in [2.05, 4.69) is 12.1 Å². The molecule has 2 rings (SSSR count). The van der Waals surface area contributed by atoms with Crippen LogP contribution >= 0.6 is 0 Å². The van der Waals surface area contributed by atoms with E-state index in [9.17, 15) is 4.79 Å². The number of ether oxygens (including phenoxy) is 1. The first-order valence-corrected chi connectivity index (χ1v) is 6.04. The highest BCUT2D eigenvalue weighted by atomic mass is 16.5. The van der Waals surface area contributed by atoms with Crippen LogP contribution in [0.25, 0.3) is 0 Å². The van der Waals surface area contributed by atoms with E-state index in [4.69, 9.17) is 4.74 Å². The van der Waals surface area contributed by atoms with Crippen molar-refractivity contribution in [3.05, 3.63) is 35.9 Å². The van der Waals surface area contributed by atoms with Crippen LogP contribution in [-0.4, -0.2) is 12.6 Å². The van der Waals surface area contributed by atoms with Gasteiger partial charge in [-0.25, -0.2) is 0 Å². The number of carbonyl (C=O) groups is 1. The lowest BCUT2D eigenvalue weighted by molar-refractivity contribution is -0.148. The summed E-state index contributed by atoms with van der Waals surface area (Å²) in [6, 6.07) is 10.3. The van der Waals surface area contributed by atoms with Crippen molar-refractivity contribution in [2.45, 2.75) is 32.1 Å². The van der Waals surface area contributed by atoms with Crippen LogP contribution < -0.4 is 0 Å². The van der Waals surface area contributed by atoms with Gasteiger partial charge >= 0.3 is 5.97 Å². The highest BCUT2D eigenvalue weighted by Gasteiger charge is 2.34. The number of carbonyl (C=O) groups excluding carboxylic acids is 1. The van der Waals surface area contributed by atoms with Gasteiger partial charge in [-0.15, -0.1) is 0 Å². The zero-order valence-electron chi connectivity index (χ0n) is 9.69. The predicted octanol–water partition coefficient (Wildman–Crippen LogP) is 3.13. The van der Waals surface area contributed by atoms with Crippen molar-refractivity contribution in [2.24, 2.45) is 5.92 Å². The molecule has 1 aromatic rings. The van der Waals surface area contributed by atoms with E-state index in [-0.39, 0.29) is 11.9 Å². The Hall–Kier alpha value is -1.31. The molecular formula is C14H18O2. The van der Waals surface area contributed by atoms with E-state index in [0.717, 1.165) is 19.3 Å². The van der Waals surface area contributed by atoms with Crippen molar-refractivity contribution in [3.8, 4) is 0 Å². The van der Waals surface area contributed by atoms with Crippen LogP contribution in [0.15, 0.2) is 30.3 Å². The summed E-state index contributed by atoms with van der Waals surface area (Å²) < 4.78 is 5.14. The minimum absolute atomic E-state index is 0.0196. The van der Waals surface area contributed by atoms with Gasteiger partial charge < -0.3 is 4.74 Å². The summed E-state index contributed by atoms with van der Waals surface area (Å²) in [5, 5.41) is 0. The lowest BCUT2D eigenvalue weighted by atomic mass is 9.89. The van der Waals surface area contributed by atoms with E-state index in [1.54, 1.807) is 0 Å². The molecule has 0 amide bonds. The second-order valence-corrected chi connectivity index (χ2v) is 4.31. The van der Waals surface area contributed by atoms with E-state index in [1.807, 2.05) is 25.1 Å². The average Bonchev–Trinajstić information content (AvgIpc) is 2.79. The predicted molar refractivity (Wildman–Crippen MR) is 63.2 cm³/mol. The summed E-state index contributed by atoms with van der Waals surface area (Å²) in [4.78, 5) is 11.8. The van der Waals surface area contributed by atoms with Crippen molar-refractivity contribution in [2.75, 3.05) is 6.61 Å². The first-order chi connectivity index (χ1) is 7.83. The zero-order valence-corrected chi connectivity index (χ0v) is 9.69. The molecule has 1 aliphatic carbocycles. The molecule has 0 aliphatic heterocycles. The normalized spacial score (nSPS) is 24.3. The Morgan fingerprint density at radius 1 is 1.31 bits per heavy atom. The summed E-state index contributed by atoms with van der Waals surface area (Å²) in [6.07, 6.45) is 3.20. The first-order valence-electron chi connectivity index (χ1n) is 6.04. The summed E-state index contributed by atoms with van der Waals surface area (Å²) in [6.45, 7) is 2.35. The maximum atomic E-state index is 11.8. The average molecular weight is 218 g/mol. The molecule has 0 N–H and O–H groups in total. The van der Waals surface area contributed by atoms with E-state index in [1.165, 1.54) is 5.56 Å². The van der Waals surface area contributed by atoms with E-state index >= 15 is 0 Å². The van der Waals surface area contributed by atoms with Gasteiger partial charge in [-0.3, -0.25) is 4.79 Å². The topological polar surface area (TPSA) is 26.3 Å². The van der Waals surface area contributed by atoms with Gasteiger partial charge in [0.05, 0.1) is 12.5 Å². The van der Waals surface area contributed by atoms with Crippen molar-refractivity contribution < 1.29 is 9.53 Å². The van der Waals surface area contributed by atoms with Gasteiger partial charge in [0, 0.05) is 0 Å². The molecule has 0 spiro atoms. The van der Waals surface area contributed by atoms with Crippen molar-refractivity contribution in [3.63, 3.8) is 0 Å². The standard InChI is InChI=1S/C14H18O2/c1-2-16-14(15)13-10-6-9-12(13)11-7-4-3-5-8-11/h3-5,7-8,12-13H,2,6,9-10H2,1H3/t12-,13-/m1/s1. The first kappa shape index (κ1) is 11.2. The van der Waals surface area contributed by atoms with Crippen LogP contribution in [-0.2, 0) is 9.53 Å². The fraction of sp³-hybridized carbons (Fsp3) is 0.500. The number of hydrogen-bond donors (Lipinski definition) is 0. The Kier molecular flexibility index (Phi) is 3.60. The second-order valence-electron chi connectivity index (χ2n) is 4.31. The SMILES string of the molecule is CCOC(=O)[C@@H]1CCC[C@@H]1c1ccccc1. The third-order valence-corrected chi connectivity index (χ3v) is 3.33. The third kappa shape index (κ3) is 2.26. The van der Waals surface area contributed by atoms with E-state index in [0.29, 0.717) is 12.5 Å². The Morgan fingerprint density at radius 3 is 2.75 bits per heavy atom. The maximum Gasteiger partial charge on any atom is 0.309 e. The van der Waals surface area contributed by atoms with Crippen molar-refractivity contribution in [1.82, 2.24) is 0 Å². The number of esters is 1. The Morgan fingerprint density at radius 2 is 2.06 bits per heavy atom. The molecule has 2 nitrogen and oxygen atoms in total. The van der Waals surface area contributed by atoms with Crippen LogP contribution in [0.1, 0.15) is 37.7 Å².